The van der Waals surface area contributed by atoms with Gasteiger partial charge in [-0.25, -0.2) is 13.2 Å². The fourth-order valence-corrected chi connectivity index (χ4v) is 3.18. The fourth-order valence-electron chi connectivity index (χ4n) is 1.83. The van der Waals surface area contributed by atoms with Crippen LogP contribution in [0.3, 0.4) is 0 Å². The molecular weight excluding hydrogens is 310 g/mol. The lowest BCUT2D eigenvalue weighted by molar-refractivity contribution is 0.0697. The third-order valence-corrected chi connectivity index (χ3v) is 4.68. The zero-order valence-corrected chi connectivity index (χ0v) is 12.0. The first-order valence-corrected chi connectivity index (χ1v) is 7.76. The molecule has 22 heavy (non-hydrogen) atoms. The van der Waals surface area contributed by atoms with Gasteiger partial charge >= 0.3 is 5.97 Å². The zero-order valence-electron chi connectivity index (χ0n) is 11.2. The Hall–Kier alpha value is -2.42. The van der Waals surface area contributed by atoms with E-state index in [-0.39, 0.29) is 27.1 Å². The van der Waals surface area contributed by atoms with Crippen molar-refractivity contribution in [2.75, 3.05) is 5.23 Å². The lowest BCUT2D eigenvalue weighted by Gasteiger charge is -2.21. The van der Waals surface area contributed by atoms with E-state index in [0.29, 0.717) is 5.56 Å². The lowest BCUT2D eigenvalue weighted by atomic mass is 10.1. The molecule has 8 heteroatoms. The van der Waals surface area contributed by atoms with Crippen LogP contribution in [-0.2, 0) is 15.6 Å². The molecule has 0 unspecified atom stereocenters. The summed E-state index contributed by atoms with van der Waals surface area (Å²) in [6.07, 6.45) is 0. The van der Waals surface area contributed by atoms with Gasteiger partial charge < -0.3 is 15.5 Å². The van der Waals surface area contributed by atoms with Crippen LogP contribution in [0.5, 0.6) is 0 Å². The molecule has 0 atom stereocenters. The van der Waals surface area contributed by atoms with Crippen molar-refractivity contribution in [2.24, 2.45) is 0 Å². The summed E-state index contributed by atoms with van der Waals surface area (Å²) >= 11 is 0. The van der Waals surface area contributed by atoms with Gasteiger partial charge in [0.1, 0.15) is 0 Å². The number of aromatic carboxylic acids is 1. The first kappa shape index (κ1) is 16.0. The van der Waals surface area contributed by atoms with Crippen LogP contribution in [0.2, 0.25) is 0 Å². The smallest absolute Gasteiger partial charge is 0.335 e. The molecule has 2 aromatic carbocycles. The van der Waals surface area contributed by atoms with Gasteiger partial charge in [0.15, 0.2) is 9.84 Å². The molecule has 7 nitrogen and oxygen atoms in total. The maximum absolute atomic E-state index is 12.2. The van der Waals surface area contributed by atoms with Crippen molar-refractivity contribution in [3.8, 4) is 0 Å². The van der Waals surface area contributed by atoms with Gasteiger partial charge in [-0.1, -0.05) is 12.1 Å². The van der Waals surface area contributed by atoms with E-state index in [1.165, 1.54) is 48.5 Å². The zero-order chi connectivity index (χ0) is 16.3. The van der Waals surface area contributed by atoms with Gasteiger partial charge in [0.05, 0.1) is 21.9 Å². The van der Waals surface area contributed by atoms with Crippen LogP contribution in [0.25, 0.3) is 0 Å². The SMILES string of the molecule is O=C(O)c1ccc(CS(=O)(=O)c2ccc(N([O-])O)cc2)cc1. The standard InChI is InChI=1S/C14H12NO6S/c16-14(17)11-3-1-10(2-4-11)9-22(20,21)13-7-5-12(6-8-13)15(18)19/h1-8,18H,9H2,(H,16,17)/q-1. The summed E-state index contributed by atoms with van der Waals surface area (Å²) in [5.74, 6) is -1.39. The predicted octanol–water partition coefficient (Wildman–Crippen LogP) is 2.05. The number of nitrogens with zero attached hydrogens (tertiary/aromatic N) is 1. The van der Waals surface area contributed by atoms with Crippen LogP contribution in [0.4, 0.5) is 5.69 Å². The fraction of sp³-hybridized carbons (Fsp3) is 0.0714. The number of sulfone groups is 1. The topological polar surface area (TPSA) is 118 Å². The highest BCUT2D eigenvalue weighted by atomic mass is 32.2. The Morgan fingerprint density at radius 1 is 1.05 bits per heavy atom. The molecule has 2 rings (SSSR count). The van der Waals surface area contributed by atoms with Gasteiger partial charge in [-0.15, -0.1) is 0 Å². The van der Waals surface area contributed by atoms with Crippen LogP contribution in [-0.4, -0.2) is 24.7 Å². The first-order valence-electron chi connectivity index (χ1n) is 6.11. The van der Waals surface area contributed by atoms with E-state index in [1.807, 2.05) is 0 Å². The Balaban J connectivity index is 2.21. The molecule has 0 aliphatic rings. The molecule has 2 N–H and O–H groups in total. The largest absolute Gasteiger partial charge is 0.733 e. The second kappa shape index (κ2) is 6.14. The van der Waals surface area contributed by atoms with Gasteiger partial charge in [-0.05, 0) is 42.0 Å². The second-order valence-electron chi connectivity index (χ2n) is 4.53. The van der Waals surface area contributed by atoms with E-state index in [1.54, 1.807) is 0 Å². The van der Waals surface area contributed by atoms with Crippen molar-refractivity contribution in [3.63, 3.8) is 0 Å². The van der Waals surface area contributed by atoms with E-state index in [9.17, 15) is 18.4 Å². The number of carboxylic acid groups (broad SMARTS) is 1. The van der Waals surface area contributed by atoms with Crippen LogP contribution in [0.15, 0.2) is 53.4 Å². The average molecular weight is 322 g/mol. The van der Waals surface area contributed by atoms with Crippen molar-refractivity contribution in [1.82, 2.24) is 0 Å². The number of benzene rings is 2. The average Bonchev–Trinajstić information content (AvgIpc) is 2.47. The summed E-state index contributed by atoms with van der Waals surface area (Å²) in [6.45, 7) is 0. The van der Waals surface area contributed by atoms with E-state index in [0.717, 1.165) is 0 Å². The molecule has 0 spiro atoms. The van der Waals surface area contributed by atoms with Crippen LogP contribution in [0, 0.1) is 5.21 Å². The molecule has 0 amide bonds. The third-order valence-electron chi connectivity index (χ3n) is 2.97. The minimum atomic E-state index is -3.64. The molecule has 0 aliphatic heterocycles. The number of hydrogen-bond acceptors (Lipinski definition) is 6. The Morgan fingerprint density at radius 3 is 2.05 bits per heavy atom. The first-order chi connectivity index (χ1) is 10.3. The Kier molecular flexibility index (Phi) is 4.45. The van der Waals surface area contributed by atoms with E-state index in [2.05, 4.69) is 0 Å². The molecule has 0 aromatic heterocycles. The highest BCUT2D eigenvalue weighted by molar-refractivity contribution is 7.90. The Labute approximate surface area is 126 Å². The van der Waals surface area contributed by atoms with Crippen molar-refractivity contribution in [3.05, 3.63) is 64.9 Å². The predicted molar refractivity (Wildman–Crippen MR) is 78.4 cm³/mol. The molecule has 0 radical (unpaired) electrons. The number of rotatable bonds is 5. The maximum Gasteiger partial charge on any atom is 0.335 e. The normalized spacial score (nSPS) is 11.2. The van der Waals surface area contributed by atoms with Gasteiger partial charge in [-0.2, -0.15) is 0 Å². The summed E-state index contributed by atoms with van der Waals surface area (Å²) in [5, 5.41) is 27.8. The monoisotopic (exact) mass is 322 g/mol. The van der Waals surface area contributed by atoms with Gasteiger partial charge in [0.25, 0.3) is 0 Å². The van der Waals surface area contributed by atoms with Gasteiger partial charge in [-0.3, -0.25) is 5.21 Å². The van der Waals surface area contributed by atoms with Crippen molar-refractivity contribution in [2.45, 2.75) is 10.6 Å². The Bertz CT molecular complexity index is 766. The molecule has 116 valence electrons. The summed E-state index contributed by atoms with van der Waals surface area (Å²) in [7, 11) is -3.64. The van der Waals surface area contributed by atoms with E-state index < -0.39 is 15.8 Å². The van der Waals surface area contributed by atoms with Crippen LogP contribution < -0.4 is 5.23 Å². The highest BCUT2D eigenvalue weighted by Crippen LogP contribution is 2.20. The highest BCUT2D eigenvalue weighted by Gasteiger charge is 2.15. The number of carbonyl (C=O) groups is 1. The third kappa shape index (κ3) is 3.61. The second-order valence-corrected chi connectivity index (χ2v) is 6.52. The molecule has 0 saturated heterocycles. The Morgan fingerprint density at radius 2 is 1.59 bits per heavy atom. The molecule has 2 aromatic rings. The molecule has 0 bridgehead atoms. The molecule has 0 heterocycles. The van der Waals surface area contributed by atoms with Crippen molar-refractivity contribution in [1.29, 1.82) is 0 Å². The molecule has 0 fully saturated rings. The number of hydrogen-bond donors (Lipinski definition) is 2. The number of anilines is 1. The minimum absolute atomic E-state index is 0.000381. The maximum atomic E-state index is 12.2. The molecule has 0 saturated carbocycles. The summed E-state index contributed by atoms with van der Waals surface area (Å²) in [6, 6.07) is 10.3. The van der Waals surface area contributed by atoms with Gasteiger partial charge in [0, 0.05) is 0 Å². The molecular formula is C14H12NO6S-. The molecule has 0 aliphatic carbocycles. The summed E-state index contributed by atoms with van der Waals surface area (Å²) < 4.78 is 24.5. The summed E-state index contributed by atoms with van der Waals surface area (Å²) in [5.41, 5.74) is 0.440. The van der Waals surface area contributed by atoms with Crippen molar-refractivity contribution >= 4 is 21.5 Å². The quantitative estimate of drug-likeness (QED) is 0.809. The number of carboxylic acids is 1. The van der Waals surface area contributed by atoms with E-state index in [4.69, 9.17) is 10.3 Å². The van der Waals surface area contributed by atoms with Gasteiger partial charge in [0.2, 0.25) is 0 Å². The van der Waals surface area contributed by atoms with Crippen molar-refractivity contribution < 1.29 is 23.5 Å². The minimum Gasteiger partial charge on any atom is -0.733 e. The summed E-state index contributed by atoms with van der Waals surface area (Å²) in [4.78, 5) is 10.7. The lowest BCUT2D eigenvalue weighted by Crippen LogP contribution is -2.08. The van der Waals surface area contributed by atoms with E-state index >= 15 is 0 Å². The van der Waals surface area contributed by atoms with Crippen LogP contribution >= 0.6 is 0 Å². The van der Waals surface area contributed by atoms with Crippen LogP contribution in [0.1, 0.15) is 15.9 Å².